The average molecular weight is 284 g/mol. The Morgan fingerprint density at radius 1 is 1.47 bits per heavy atom. The van der Waals surface area contributed by atoms with Crippen LogP contribution in [0.1, 0.15) is 18.4 Å². The van der Waals surface area contributed by atoms with Gasteiger partial charge in [-0.1, -0.05) is 12.1 Å². The van der Waals surface area contributed by atoms with Gasteiger partial charge in [-0.05, 0) is 37.1 Å². The van der Waals surface area contributed by atoms with Crippen LogP contribution in [0.3, 0.4) is 0 Å². The van der Waals surface area contributed by atoms with Gasteiger partial charge in [0.2, 0.25) is 10.0 Å². The van der Waals surface area contributed by atoms with Gasteiger partial charge >= 0.3 is 0 Å². The molecule has 1 heterocycles. The predicted molar refractivity (Wildman–Crippen MR) is 74.4 cm³/mol. The van der Waals surface area contributed by atoms with E-state index in [1.165, 1.54) is 0 Å². The third-order valence-corrected chi connectivity index (χ3v) is 4.29. The minimum Gasteiger partial charge on any atom is -0.497 e. The van der Waals surface area contributed by atoms with E-state index in [9.17, 15) is 8.42 Å². The van der Waals surface area contributed by atoms with E-state index < -0.39 is 10.0 Å². The van der Waals surface area contributed by atoms with Gasteiger partial charge in [-0.25, -0.2) is 13.6 Å². The van der Waals surface area contributed by atoms with Crippen LogP contribution < -0.4 is 9.88 Å². The van der Waals surface area contributed by atoms with Gasteiger partial charge in [0.25, 0.3) is 0 Å². The Bertz CT molecular complexity index is 530. The first-order valence-corrected chi connectivity index (χ1v) is 8.07. The first-order valence-electron chi connectivity index (χ1n) is 6.35. The monoisotopic (exact) mass is 284 g/mol. The standard InChI is InChI=1S/C13H20N2O3S/c1-18-13-6-2-4-11(8-13)9-15-7-3-5-12(15)10-19(14,16)17/h2,4,6,8,12H,3,5,7,9-10H2,1H3,(H2,14,16,17). The number of nitrogens with zero attached hydrogens (tertiary/aromatic N) is 1. The average Bonchev–Trinajstić information content (AvgIpc) is 2.74. The molecule has 106 valence electrons. The summed E-state index contributed by atoms with van der Waals surface area (Å²) < 4.78 is 27.6. The molecule has 2 N–H and O–H groups in total. The molecule has 1 aromatic rings. The second kappa shape index (κ2) is 5.90. The van der Waals surface area contributed by atoms with E-state index in [0.29, 0.717) is 0 Å². The first-order chi connectivity index (χ1) is 8.98. The van der Waals surface area contributed by atoms with Crippen molar-refractivity contribution in [3.63, 3.8) is 0 Å². The fourth-order valence-electron chi connectivity index (χ4n) is 2.57. The zero-order valence-corrected chi connectivity index (χ0v) is 11.9. The number of ether oxygens (including phenoxy) is 1. The van der Waals surface area contributed by atoms with Crippen molar-refractivity contribution in [1.82, 2.24) is 4.90 Å². The number of benzene rings is 1. The summed E-state index contributed by atoms with van der Waals surface area (Å²) in [5.41, 5.74) is 1.13. The summed E-state index contributed by atoms with van der Waals surface area (Å²) in [6.07, 6.45) is 1.91. The minimum atomic E-state index is -3.41. The molecule has 6 heteroatoms. The number of hydrogen-bond acceptors (Lipinski definition) is 4. The van der Waals surface area contributed by atoms with E-state index in [1.54, 1.807) is 7.11 Å². The molecule has 0 amide bonds. The maximum atomic E-state index is 11.2. The largest absolute Gasteiger partial charge is 0.497 e. The van der Waals surface area contributed by atoms with E-state index in [-0.39, 0.29) is 11.8 Å². The molecule has 1 atom stereocenters. The number of methoxy groups -OCH3 is 1. The van der Waals surface area contributed by atoms with Crippen molar-refractivity contribution < 1.29 is 13.2 Å². The van der Waals surface area contributed by atoms with Gasteiger partial charge in [0, 0.05) is 12.6 Å². The van der Waals surface area contributed by atoms with Crippen LogP contribution in [0.5, 0.6) is 5.75 Å². The van der Waals surface area contributed by atoms with Gasteiger partial charge in [-0.3, -0.25) is 4.90 Å². The van der Waals surface area contributed by atoms with E-state index in [0.717, 1.165) is 37.2 Å². The second-order valence-electron chi connectivity index (χ2n) is 4.95. The SMILES string of the molecule is COc1cccc(CN2CCCC2CS(N)(=O)=O)c1. The topological polar surface area (TPSA) is 72.6 Å². The van der Waals surface area contributed by atoms with Crippen LogP contribution in [0.15, 0.2) is 24.3 Å². The molecular formula is C13H20N2O3S. The van der Waals surface area contributed by atoms with Gasteiger partial charge in [-0.15, -0.1) is 0 Å². The number of sulfonamides is 1. The van der Waals surface area contributed by atoms with Gasteiger partial charge in [-0.2, -0.15) is 0 Å². The van der Waals surface area contributed by atoms with E-state index in [1.807, 2.05) is 24.3 Å². The maximum absolute atomic E-state index is 11.2. The van der Waals surface area contributed by atoms with Gasteiger partial charge < -0.3 is 4.74 Å². The van der Waals surface area contributed by atoms with Crippen molar-refractivity contribution in [3.8, 4) is 5.75 Å². The molecule has 0 spiro atoms. The highest BCUT2D eigenvalue weighted by Gasteiger charge is 2.27. The molecule has 5 nitrogen and oxygen atoms in total. The summed E-state index contributed by atoms with van der Waals surface area (Å²) >= 11 is 0. The van der Waals surface area contributed by atoms with Crippen molar-refractivity contribution in [2.24, 2.45) is 5.14 Å². The van der Waals surface area contributed by atoms with Gasteiger partial charge in [0.1, 0.15) is 5.75 Å². The van der Waals surface area contributed by atoms with E-state index >= 15 is 0 Å². The Hall–Kier alpha value is -1.11. The number of primary sulfonamides is 1. The van der Waals surface area contributed by atoms with Crippen LogP contribution in [0.4, 0.5) is 0 Å². The summed E-state index contributed by atoms with van der Waals surface area (Å²) in [5, 5.41) is 5.14. The predicted octanol–water partition coefficient (Wildman–Crippen LogP) is 0.948. The highest BCUT2D eigenvalue weighted by molar-refractivity contribution is 7.89. The molecule has 1 saturated heterocycles. The fraction of sp³-hybridized carbons (Fsp3) is 0.538. The number of nitrogens with two attached hydrogens (primary N) is 1. The normalized spacial score (nSPS) is 20.6. The fourth-order valence-corrected chi connectivity index (χ4v) is 3.48. The summed E-state index contributed by atoms with van der Waals surface area (Å²) in [4.78, 5) is 2.18. The van der Waals surface area contributed by atoms with Crippen molar-refractivity contribution in [1.29, 1.82) is 0 Å². The lowest BCUT2D eigenvalue weighted by Crippen LogP contribution is -2.36. The zero-order chi connectivity index (χ0) is 13.9. The molecule has 0 saturated carbocycles. The van der Waals surface area contributed by atoms with E-state index in [4.69, 9.17) is 9.88 Å². The van der Waals surface area contributed by atoms with Gasteiger partial charge in [0.05, 0.1) is 12.9 Å². The van der Waals surface area contributed by atoms with Crippen LogP contribution in [-0.2, 0) is 16.6 Å². The highest BCUT2D eigenvalue weighted by Crippen LogP contribution is 2.22. The van der Waals surface area contributed by atoms with Crippen molar-refractivity contribution in [2.75, 3.05) is 19.4 Å². The highest BCUT2D eigenvalue weighted by atomic mass is 32.2. The molecule has 0 radical (unpaired) electrons. The van der Waals surface area contributed by atoms with Crippen molar-refractivity contribution >= 4 is 10.0 Å². The first kappa shape index (κ1) is 14.3. The summed E-state index contributed by atoms with van der Waals surface area (Å²) in [5.74, 6) is 0.858. The third kappa shape index (κ3) is 4.19. The molecule has 0 aliphatic carbocycles. The summed E-state index contributed by atoms with van der Waals surface area (Å²) in [6, 6.07) is 7.87. The Labute approximate surface area is 114 Å². The van der Waals surface area contributed by atoms with Crippen molar-refractivity contribution in [2.45, 2.75) is 25.4 Å². The molecule has 0 aromatic heterocycles. The molecule has 1 aromatic carbocycles. The van der Waals surface area contributed by atoms with Crippen LogP contribution in [-0.4, -0.2) is 38.8 Å². The molecule has 0 bridgehead atoms. The van der Waals surface area contributed by atoms with Crippen LogP contribution >= 0.6 is 0 Å². The Kier molecular flexibility index (Phi) is 4.44. The zero-order valence-electron chi connectivity index (χ0n) is 11.1. The Morgan fingerprint density at radius 2 is 2.26 bits per heavy atom. The molecule has 2 rings (SSSR count). The smallest absolute Gasteiger partial charge is 0.210 e. The molecule has 1 unspecified atom stereocenters. The van der Waals surface area contributed by atoms with Gasteiger partial charge in [0.15, 0.2) is 0 Å². The Balaban J connectivity index is 2.04. The molecular weight excluding hydrogens is 264 g/mol. The number of rotatable bonds is 5. The number of hydrogen-bond donors (Lipinski definition) is 1. The summed E-state index contributed by atoms with van der Waals surface area (Å²) in [7, 11) is -1.77. The van der Waals surface area contributed by atoms with Crippen LogP contribution in [0, 0.1) is 0 Å². The molecule has 1 fully saturated rings. The second-order valence-corrected chi connectivity index (χ2v) is 6.61. The summed E-state index contributed by atoms with van der Waals surface area (Å²) in [6.45, 7) is 1.65. The third-order valence-electron chi connectivity index (χ3n) is 3.44. The van der Waals surface area contributed by atoms with Crippen molar-refractivity contribution in [3.05, 3.63) is 29.8 Å². The number of likely N-dealkylation sites (tertiary alicyclic amines) is 1. The maximum Gasteiger partial charge on any atom is 0.210 e. The van der Waals surface area contributed by atoms with Crippen LogP contribution in [0.2, 0.25) is 0 Å². The van der Waals surface area contributed by atoms with Crippen LogP contribution in [0.25, 0.3) is 0 Å². The minimum absolute atomic E-state index is 0.0289. The Morgan fingerprint density at radius 3 is 2.95 bits per heavy atom. The molecule has 19 heavy (non-hydrogen) atoms. The lowest BCUT2D eigenvalue weighted by Gasteiger charge is -2.23. The lowest BCUT2D eigenvalue weighted by atomic mass is 10.2. The van der Waals surface area contributed by atoms with E-state index in [2.05, 4.69) is 4.90 Å². The lowest BCUT2D eigenvalue weighted by molar-refractivity contribution is 0.261. The molecule has 1 aliphatic rings. The molecule has 1 aliphatic heterocycles. The quantitative estimate of drug-likeness (QED) is 0.873.